The number of phenols is 1. The quantitative estimate of drug-likeness (QED) is 0.596. The Morgan fingerprint density at radius 2 is 1.69 bits per heavy atom. The molecule has 0 saturated carbocycles. The van der Waals surface area contributed by atoms with Gasteiger partial charge in [-0.25, -0.2) is 0 Å². The Morgan fingerprint density at radius 1 is 1.06 bits per heavy atom. The third-order valence-electron chi connectivity index (χ3n) is 2.68. The van der Waals surface area contributed by atoms with Gasteiger partial charge < -0.3 is 7.96 Å². The summed E-state index contributed by atoms with van der Waals surface area (Å²) in [5.74, 6) is 1.19. The van der Waals surface area contributed by atoms with Gasteiger partial charge in [0.15, 0.2) is 0 Å². The van der Waals surface area contributed by atoms with Crippen molar-refractivity contribution in [3.05, 3.63) is 29.8 Å². The molecule has 1 aromatic carbocycles. The van der Waals surface area contributed by atoms with E-state index in [-0.39, 0.29) is 40.6 Å². The van der Waals surface area contributed by atoms with Crippen molar-refractivity contribution in [1.29, 1.82) is 0 Å². The molecule has 1 aromatic rings. The van der Waals surface area contributed by atoms with Crippen molar-refractivity contribution < 1.29 is 7.96 Å². The van der Waals surface area contributed by atoms with Gasteiger partial charge >= 0.3 is 37.7 Å². The van der Waals surface area contributed by atoms with Crippen LogP contribution < -0.4 is 0 Å². The first-order valence-corrected chi connectivity index (χ1v) is 5.96. The van der Waals surface area contributed by atoms with Crippen molar-refractivity contribution in [3.8, 4) is 5.75 Å². The number of hydrogen-bond donors (Lipinski definition) is 1. The average molecular weight is 248 g/mol. The summed E-state index contributed by atoms with van der Waals surface area (Å²) in [6, 6.07) is 7.56. The number of benzene rings is 1. The molecule has 88 valence electrons. The first-order chi connectivity index (χ1) is 7.18. The Balaban J connectivity index is -0.000000750. The standard InChI is InChI=1S/C14H22O.Ca.2H/c1-12(2)6-4-3-5-7-13-8-10-14(15)11-9-13;;;/h8-12,15H,3-7H2,1-2H3;;;/q;+2;2*-1. The molecule has 0 aliphatic heterocycles. The van der Waals surface area contributed by atoms with Gasteiger partial charge in [-0.1, -0.05) is 45.2 Å². The van der Waals surface area contributed by atoms with Gasteiger partial charge in [0.1, 0.15) is 5.75 Å². The van der Waals surface area contributed by atoms with Gasteiger partial charge in [0.25, 0.3) is 0 Å². The van der Waals surface area contributed by atoms with Crippen LogP contribution in [-0.2, 0) is 6.42 Å². The molecule has 0 heterocycles. The third-order valence-corrected chi connectivity index (χ3v) is 2.68. The van der Waals surface area contributed by atoms with E-state index >= 15 is 0 Å². The van der Waals surface area contributed by atoms with E-state index in [9.17, 15) is 0 Å². The minimum Gasteiger partial charge on any atom is -1.00 e. The minimum absolute atomic E-state index is 0. The molecule has 0 aliphatic rings. The predicted molar refractivity (Wildman–Crippen MR) is 73.1 cm³/mol. The summed E-state index contributed by atoms with van der Waals surface area (Å²) in [6.07, 6.45) is 6.40. The fourth-order valence-electron chi connectivity index (χ4n) is 1.72. The molecule has 0 aromatic heterocycles. The fourth-order valence-corrected chi connectivity index (χ4v) is 1.72. The number of hydrogen-bond acceptors (Lipinski definition) is 1. The zero-order valence-corrected chi connectivity index (χ0v) is 12.8. The number of phenolic OH excluding ortho intramolecular Hbond substituents is 1. The van der Waals surface area contributed by atoms with Gasteiger partial charge in [-0.2, -0.15) is 0 Å². The normalized spacial score (nSPS) is 10.2. The summed E-state index contributed by atoms with van der Waals surface area (Å²) in [6.45, 7) is 4.56. The maximum atomic E-state index is 9.13. The zero-order chi connectivity index (χ0) is 11.1. The average Bonchev–Trinajstić information content (AvgIpc) is 2.20. The van der Waals surface area contributed by atoms with Crippen LogP contribution in [-0.4, -0.2) is 42.8 Å². The van der Waals surface area contributed by atoms with Crippen molar-refractivity contribution in [1.82, 2.24) is 0 Å². The van der Waals surface area contributed by atoms with Crippen LogP contribution in [0.3, 0.4) is 0 Å². The minimum atomic E-state index is 0. The summed E-state index contributed by atoms with van der Waals surface area (Å²) in [5.41, 5.74) is 1.33. The van der Waals surface area contributed by atoms with Crippen LogP contribution in [0.1, 0.15) is 47.9 Å². The first-order valence-electron chi connectivity index (χ1n) is 5.96. The van der Waals surface area contributed by atoms with E-state index in [1.807, 2.05) is 12.1 Å². The molecular weight excluding hydrogens is 224 g/mol. The van der Waals surface area contributed by atoms with E-state index in [0.29, 0.717) is 5.75 Å². The van der Waals surface area contributed by atoms with Gasteiger partial charge in [0.2, 0.25) is 0 Å². The topological polar surface area (TPSA) is 20.2 Å². The van der Waals surface area contributed by atoms with E-state index in [1.165, 1.54) is 31.2 Å². The second kappa shape index (κ2) is 9.32. The second-order valence-corrected chi connectivity index (χ2v) is 4.66. The molecule has 0 aliphatic carbocycles. The molecular formula is C14H24CaO. The summed E-state index contributed by atoms with van der Waals surface area (Å²) in [7, 11) is 0. The molecule has 1 N–H and O–H groups in total. The van der Waals surface area contributed by atoms with Gasteiger partial charge in [-0.05, 0) is 36.5 Å². The summed E-state index contributed by atoms with van der Waals surface area (Å²) in [4.78, 5) is 0. The van der Waals surface area contributed by atoms with E-state index < -0.39 is 0 Å². The third kappa shape index (κ3) is 7.54. The van der Waals surface area contributed by atoms with Gasteiger partial charge in [0.05, 0.1) is 0 Å². The molecule has 0 unspecified atom stereocenters. The molecule has 0 fully saturated rings. The largest absolute Gasteiger partial charge is 2.00 e. The van der Waals surface area contributed by atoms with E-state index in [2.05, 4.69) is 13.8 Å². The molecule has 16 heavy (non-hydrogen) atoms. The van der Waals surface area contributed by atoms with E-state index in [1.54, 1.807) is 12.1 Å². The molecule has 0 bridgehead atoms. The maximum absolute atomic E-state index is 9.13. The Kier molecular flexibility index (Phi) is 9.49. The van der Waals surface area contributed by atoms with Crippen LogP contribution in [0.15, 0.2) is 24.3 Å². The van der Waals surface area contributed by atoms with Crippen LogP contribution in [0.5, 0.6) is 5.75 Å². The predicted octanol–water partition coefficient (Wildman–Crippen LogP) is 4.00. The molecule has 0 atom stereocenters. The van der Waals surface area contributed by atoms with E-state index in [4.69, 9.17) is 5.11 Å². The summed E-state index contributed by atoms with van der Waals surface area (Å²) in [5, 5.41) is 9.13. The van der Waals surface area contributed by atoms with Gasteiger partial charge in [0, 0.05) is 0 Å². The molecule has 0 radical (unpaired) electrons. The summed E-state index contributed by atoms with van der Waals surface area (Å²) < 4.78 is 0. The van der Waals surface area contributed by atoms with Crippen molar-refractivity contribution in [3.63, 3.8) is 0 Å². The Bertz CT molecular complexity index is 276. The SMILES string of the molecule is CC(C)CCCCCc1ccc(O)cc1.[Ca+2].[H-].[H-]. The Morgan fingerprint density at radius 3 is 2.25 bits per heavy atom. The van der Waals surface area contributed by atoms with Crippen molar-refractivity contribution in [2.24, 2.45) is 5.92 Å². The van der Waals surface area contributed by atoms with Gasteiger partial charge in [-0.3, -0.25) is 0 Å². The molecule has 0 spiro atoms. The molecule has 2 heteroatoms. The Labute approximate surface area is 132 Å². The van der Waals surface area contributed by atoms with Crippen LogP contribution in [0.2, 0.25) is 0 Å². The van der Waals surface area contributed by atoms with Crippen LogP contribution in [0.25, 0.3) is 0 Å². The number of rotatable bonds is 6. The van der Waals surface area contributed by atoms with Gasteiger partial charge in [-0.15, -0.1) is 0 Å². The first kappa shape index (κ1) is 16.3. The molecule has 1 nitrogen and oxygen atoms in total. The zero-order valence-electron chi connectivity index (χ0n) is 12.6. The maximum Gasteiger partial charge on any atom is 2.00 e. The molecule has 0 amide bonds. The smallest absolute Gasteiger partial charge is 1.00 e. The second-order valence-electron chi connectivity index (χ2n) is 4.66. The molecule has 0 saturated heterocycles. The number of aryl methyl sites for hydroxylation is 1. The molecule has 1 rings (SSSR count). The Hall–Kier alpha value is 0.280. The summed E-state index contributed by atoms with van der Waals surface area (Å²) >= 11 is 0. The van der Waals surface area contributed by atoms with Crippen molar-refractivity contribution in [2.75, 3.05) is 0 Å². The van der Waals surface area contributed by atoms with Crippen molar-refractivity contribution >= 4 is 37.7 Å². The fraction of sp³-hybridized carbons (Fsp3) is 0.571. The van der Waals surface area contributed by atoms with Crippen LogP contribution in [0, 0.1) is 5.92 Å². The monoisotopic (exact) mass is 248 g/mol. The van der Waals surface area contributed by atoms with Crippen molar-refractivity contribution in [2.45, 2.75) is 46.0 Å². The van der Waals surface area contributed by atoms with Crippen LogP contribution >= 0.6 is 0 Å². The van der Waals surface area contributed by atoms with E-state index in [0.717, 1.165) is 12.3 Å². The number of aromatic hydroxyl groups is 1. The van der Waals surface area contributed by atoms with Crippen LogP contribution in [0.4, 0.5) is 0 Å². The number of unbranched alkanes of at least 4 members (excludes halogenated alkanes) is 2.